The van der Waals surface area contributed by atoms with E-state index in [9.17, 15) is 0 Å². The van der Waals surface area contributed by atoms with Gasteiger partial charge in [-0.3, -0.25) is 0 Å². The lowest BCUT2D eigenvalue weighted by Gasteiger charge is -2.11. The maximum atomic E-state index is 5.90. The minimum atomic E-state index is 0.364. The molecule has 0 aliphatic rings. The molecule has 0 amide bonds. The summed E-state index contributed by atoms with van der Waals surface area (Å²) in [7, 11) is 0. The van der Waals surface area contributed by atoms with Gasteiger partial charge in [-0.15, -0.1) is 0 Å². The highest BCUT2D eigenvalue weighted by molar-refractivity contribution is 5.77. The third kappa shape index (κ3) is 3.96. The van der Waals surface area contributed by atoms with Gasteiger partial charge in [0.15, 0.2) is 11.6 Å². The van der Waals surface area contributed by atoms with Crippen molar-refractivity contribution in [3.05, 3.63) is 30.6 Å². The fourth-order valence-corrected chi connectivity index (χ4v) is 1.72. The molecular formula is C14H20N6O. The molecular weight excluding hydrogens is 268 g/mol. The Morgan fingerprint density at radius 3 is 2.52 bits per heavy atom. The lowest BCUT2D eigenvalue weighted by Crippen LogP contribution is -2.12. The van der Waals surface area contributed by atoms with Crippen LogP contribution in [-0.4, -0.2) is 16.6 Å². The molecule has 0 atom stereocenters. The number of nitrogens with zero attached hydrogens (tertiary/aromatic N) is 2. The Balaban J connectivity index is 2.03. The van der Waals surface area contributed by atoms with Gasteiger partial charge in [0.25, 0.3) is 0 Å². The van der Waals surface area contributed by atoms with E-state index in [4.69, 9.17) is 16.3 Å². The molecule has 0 radical (unpaired) electrons. The van der Waals surface area contributed by atoms with Crippen molar-refractivity contribution < 1.29 is 4.74 Å². The first-order chi connectivity index (χ1) is 10.2. The average molecular weight is 288 g/mol. The van der Waals surface area contributed by atoms with Crippen molar-refractivity contribution in [3.63, 3.8) is 0 Å². The maximum Gasteiger partial charge on any atom is 0.168 e. The van der Waals surface area contributed by atoms with Crippen molar-refractivity contribution >= 4 is 23.0 Å². The third-order valence-electron chi connectivity index (χ3n) is 2.90. The van der Waals surface area contributed by atoms with Gasteiger partial charge in [-0.05, 0) is 30.7 Å². The van der Waals surface area contributed by atoms with E-state index in [1.165, 1.54) is 6.33 Å². The molecule has 0 bridgehead atoms. The Labute approximate surface area is 123 Å². The Hall–Kier alpha value is -2.54. The molecule has 0 saturated carbocycles. The maximum absolute atomic E-state index is 5.90. The number of hydrogen-bond acceptors (Lipinski definition) is 7. The minimum absolute atomic E-state index is 0.364. The number of ether oxygens (including phenoxy) is 1. The first-order valence-electron chi connectivity index (χ1n) is 6.81. The first kappa shape index (κ1) is 14.9. The van der Waals surface area contributed by atoms with Crippen LogP contribution in [-0.2, 0) is 0 Å². The highest BCUT2D eigenvalue weighted by Crippen LogP contribution is 2.26. The molecule has 2 aromatic rings. The van der Waals surface area contributed by atoms with Crippen molar-refractivity contribution in [2.24, 2.45) is 5.84 Å². The number of benzene rings is 1. The second-order valence-electron chi connectivity index (χ2n) is 4.48. The second kappa shape index (κ2) is 7.30. The number of unbranched alkanes of at least 4 members (excludes halogenated alkanes) is 1. The monoisotopic (exact) mass is 288 g/mol. The predicted octanol–water partition coefficient (Wildman–Crippen LogP) is 2.27. The van der Waals surface area contributed by atoms with Crippen molar-refractivity contribution in [1.29, 1.82) is 0 Å². The van der Waals surface area contributed by atoms with Crippen LogP contribution in [0.15, 0.2) is 30.6 Å². The number of rotatable bonds is 7. The summed E-state index contributed by atoms with van der Waals surface area (Å²) in [4.78, 5) is 8.01. The van der Waals surface area contributed by atoms with E-state index in [1.54, 1.807) is 0 Å². The summed E-state index contributed by atoms with van der Waals surface area (Å²) < 4.78 is 5.61. The molecule has 6 N–H and O–H groups in total. The molecule has 0 spiro atoms. The van der Waals surface area contributed by atoms with E-state index in [1.807, 2.05) is 24.3 Å². The van der Waals surface area contributed by atoms with E-state index in [0.717, 1.165) is 30.9 Å². The number of hydrazine groups is 1. The average Bonchev–Trinajstić information content (AvgIpc) is 2.51. The topological polar surface area (TPSA) is 111 Å². The van der Waals surface area contributed by atoms with Crippen LogP contribution in [0.1, 0.15) is 19.8 Å². The van der Waals surface area contributed by atoms with Gasteiger partial charge < -0.3 is 21.2 Å². The Kier molecular flexibility index (Phi) is 5.16. The number of aromatic nitrogens is 2. The van der Waals surface area contributed by atoms with Crippen LogP contribution in [0.25, 0.3) is 0 Å². The first-order valence-corrected chi connectivity index (χ1v) is 6.81. The standard InChI is InChI=1S/C14H20N6O/c1-2-3-8-21-11-6-4-10(5-7-11)19-13-12(15)14(20-16)18-9-17-13/h4-7,9H,2-3,8,15-16H2,1H3,(H2,17,18,19,20). The Morgan fingerprint density at radius 1 is 1.14 bits per heavy atom. The molecule has 1 aromatic carbocycles. The van der Waals surface area contributed by atoms with Crippen LogP contribution in [0.2, 0.25) is 0 Å². The largest absolute Gasteiger partial charge is 0.494 e. The van der Waals surface area contributed by atoms with Crippen molar-refractivity contribution in [2.45, 2.75) is 19.8 Å². The smallest absolute Gasteiger partial charge is 0.168 e. The van der Waals surface area contributed by atoms with Gasteiger partial charge in [0.05, 0.1) is 6.61 Å². The zero-order valence-corrected chi connectivity index (χ0v) is 12.0. The van der Waals surface area contributed by atoms with Crippen LogP contribution < -0.4 is 27.1 Å². The van der Waals surface area contributed by atoms with Crippen molar-refractivity contribution in [3.8, 4) is 5.75 Å². The highest BCUT2D eigenvalue weighted by atomic mass is 16.5. The molecule has 1 aromatic heterocycles. The molecule has 0 saturated heterocycles. The normalized spacial score (nSPS) is 10.2. The minimum Gasteiger partial charge on any atom is -0.494 e. The van der Waals surface area contributed by atoms with Crippen molar-refractivity contribution in [2.75, 3.05) is 23.1 Å². The fourth-order valence-electron chi connectivity index (χ4n) is 1.72. The predicted molar refractivity (Wildman–Crippen MR) is 84.4 cm³/mol. The van der Waals surface area contributed by atoms with Gasteiger partial charge in [-0.1, -0.05) is 13.3 Å². The summed E-state index contributed by atoms with van der Waals surface area (Å²) in [5.74, 6) is 7.05. The highest BCUT2D eigenvalue weighted by Gasteiger charge is 2.07. The number of nitrogens with one attached hydrogen (secondary N) is 2. The quantitative estimate of drug-likeness (QED) is 0.351. The number of hydrogen-bond donors (Lipinski definition) is 4. The van der Waals surface area contributed by atoms with Gasteiger partial charge in [-0.2, -0.15) is 0 Å². The lowest BCUT2D eigenvalue weighted by atomic mass is 10.3. The molecule has 1 heterocycles. The zero-order valence-electron chi connectivity index (χ0n) is 12.0. The molecule has 21 heavy (non-hydrogen) atoms. The Bertz CT molecular complexity index is 572. The zero-order chi connectivity index (χ0) is 15.1. The summed E-state index contributed by atoms with van der Waals surface area (Å²) in [5.41, 5.74) is 9.54. The Morgan fingerprint density at radius 2 is 1.86 bits per heavy atom. The molecule has 7 nitrogen and oxygen atoms in total. The third-order valence-corrected chi connectivity index (χ3v) is 2.90. The summed E-state index contributed by atoms with van der Waals surface area (Å²) in [5, 5.41) is 3.11. The van der Waals surface area contributed by atoms with E-state index in [2.05, 4.69) is 27.6 Å². The van der Waals surface area contributed by atoms with Gasteiger partial charge in [0.1, 0.15) is 17.8 Å². The number of nitrogen functional groups attached to an aromatic ring is 2. The second-order valence-corrected chi connectivity index (χ2v) is 4.48. The lowest BCUT2D eigenvalue weighted by molar-refractivity contribution is 0.309. The van der Waals surface area contributed by atoms with E-state index in [-0.39, 0.29) is 0 Å². The number of anilines is 4. The SMILES string of the molecule is CCCCOc1ccc(Nc2ncnc(NN)c2N)cc1. The molecule has 7 heteroatoms. The van der Waals surface area contributed by atoms with Gasteiger partial charge in [0.2, 0.25) is 0 Å². The van der Waals surface area contributed by atoms with E-state index >= 15 is 0 Å². The molecule has 0 fully saturated rings. The molecule has 112 valence electrons. The summed E-state index contributed by atoms with van der Waals surface area (Å²) in [6.45, 7) is 2.86. The number of nitrogens with two attached hydrogens (primary N) is 2. The molecule has 0 aliphatic heterocycles. The molecule has 2 rings (SSSR count). The molecule has 0 unspecified atom stereocenters. The van der Waals surface area contributed by atoms with Crippen LogP contribution in [0.5, 0.6) is 5.75 Å². The van der Waals surface area contributed by atoms with Gasteiger partial charge in [0, 0.05) is 5.69 Å². The summed E-state index contributed by atoms with van der Waals surface area (Å²) in [6, 6.07) is 7.60. The fraction of sp³-hybridized carbons (Fsp3) is 0.286. The van der Waals surface area contributed by atoms with Gasteiger partial charge in [-0.25, -0.2) is 15.8 Å². The van der Waals surface area contributed by atoms with E-state index < -0.39 is 0 Å². The summed E-state index contributed by atoms with van der Waals surface area (Å²) in [6.07, 6.45) is 3.55. The molecule has 0 aliphatic carbocycles. The van der Waals surface area contributed by atoms with Crippen LogP contribution in [0, 0.1) is 0 Å². The van der Waals surface area contributed by atoms with Crippen LogP contribution in [0.4, 0.5) is 23.0 Å². The van der Waals surface area contributed by atoms with Crippen LogP contribution >= 0.6 is 0 Å². The van der Waals surface area contributed by atoms with Crippen molar-refractivity contribution in [1.82, 2.24) is 9.97 Å². The van der Waals surface area contributed by atoms with Gasteiger partial charge >= 0.3 is 0 Å². The van der Waals surface area contributed by atoms with E-state index in [0.29, 0.717) is 17.3 Å². The summed E-state index contributed by atoms with van der Waals surface area (Å²) >= 11 is 0. The van der Waals surface area contributed by atoms with Crippen LogP contribution in [0.3, 0.4) is 0 Å².